The lowest BCUT2D eigenvalue weighted by atomic mass is 10.3. The molecule has 5 heteroatoms. The Balaban J connectivity index is 2.28. The number of aromatic nitrogens is 1. The molecule has 17 heavy (non-hydrogen) atoms. The van der Waals surface area contributed by atoms with Gasteiger partial charge >= 0.3 is 0 Å². The molecule has 88 valence electrons. The molecule has 1 aliphatic heterocycles. The van der Waals surface area contributed by atoms with Gasteiger partial charge in [0.2, 0.25) is 0 Å². The first-order valence-corrected chi connectivity index (χ1v) is 5.92. The lowest BCUT2D eigenvalue weighted by Gasteiger charge is -2.07. The Hall–Kier alpha value is -1.75. The molecule has 2 rings (SSSR count). The summed E-state index contributed by atoms with van der Waals surface area (Å²) >= 11 is 0.966. The van der Waals surface area contributed by atoms with Crippen molar-refractivity contribution in [3.05, 3.63) is 41.6 Å². The van der Waals surface area contributed by atoms with Gasteiger partial charge in [0, 0.05) is 25.5 Å². The van der Waals surface area contributed by atoms with Gasteiger partial charge in [0.15, 0.2) is 0 Å². The highest BCUT2D eigenvalue weighted by atomic mass is 32.2. The third-order valence-corrected chi connectivity index (χ3v) is 3.36. The molecule has 0 aromatic carbocycles. The van der Waals surface area contributed by atoms with Crippen LogP contribution in [0.5, 0.6) is 0 Å². The van der Waals surface area contributed by atoms with Crippen LogP contribution in [0.15, 0.2) is 35.9 Å². The van der Waals surface area contributed by atoms with E-state index in [-0.39, 0.29) is 17.7 Å². The van der Waals surface area contributed by atoms with Crippen LogP contribution in [-0.2, 0) is 11.8 Å². The first kappa shape index (κ1) is 11.7. The average molecular weight is 248 g/mol. The van der Waals surface area contributed by atoms with Crippen molar-refractivity contribution in [1.29, 1.82) is 0 Å². The number of aryl methyl sites for hydroxylation is 1. The van der Waals surface area contributed by atoms with E-state index in [4.69, 9.17) is 0 Å². The molecular weight excluding hydrogens is 236 g/mol. The Morgan fingerprint density at radius 2 is 2.24 bits per heavy atom. The second kappa shape index (κ2) is 4.63. The van der Waals surface area contributed by atoms with Crippen molar-refractivity contribution in [1.82, 2.24) is 9.47 Å². The van der Waals surface area contributed by atoms with Crippen molar-refractivity contribution in [2.24, 2.45) is 7.05 Å². The number of nitrogens with zero attached hydrogens (tertiary/aromatic N) is 2. The van der Waals surface area contributed by atoms with E-state index in [1.54, 1.807) is 12.2 Å². The van der Waals surface area contributed by atoms with E-state index in [2.05, 4.69) is 6.58 Å². The molecule has 0 spiro atoms. The van der Waals surface area contributed by atoms with Crippen LogP contribution >= 0.6 is 11.8 Å². The van der Waals surface area contributed by atoms with Gasteiger partial charge in [-0.15, -0.1) is 6.58 Å². The summed E-state index contributed by atoms with van der Waals surface area (Å²) in [5.41, 5.74) is 0.897. The molecule has 1 aliphatic rings. The quantitative estimate of drug-likeness (QED) is 0.608. The molecule has 0 atom stereocenters. The Bertz CT molecular complexity index is 516. The van der Waals surface area contributed by atoms with Gasteiger partial charge in [-0.2, -0.15) is 0 Å². The van der Waals surface area contributed by atoms with E-state index in [1.807, 2.05) is 29.9 Å². The van der Waals surface area contributed by atoms with Crippen LogP contribution < -0.4 is 0 Å². The molecule has 0 bridgehead atoms. The monoisotopic (exact) mass is 248 g/mol. The Morgan fingerprint density at radius 1 is 1.47 bits per heavy atom. The number of imide groups is 1. The maximum atomic E-state index is 11.9. The molecule has 0 aliphatic carbocycles. The molecule has 1 aromatic rings. The number of amides is 2. The van der Waals surface area contributed by atoms with Gasteiger partial charge in [-0.1, -0.05) is 6.08 Å². The van der Waals surface area contributed by atoms with Crippen molar-refractivity contribution in [3.63, 3.8) is 0 Å². The van der Waals surface area contributed by atoms with E-state index in [0.717, 1.165) is 17.5 Å². The van der Waals surface area contributed by atoms with Crippen molar-refractivity contribution in [2.75, 3.05) is 6.54 Å². The molecule has 1 aromatic heterocycles. The lowest BCUT2D eigenvalue weighted by Crippen LogP contribution is -2.27. The second-order valence-electron chi connectivity index (χ2n) is 3.62. The number of thioether (sulfide) groups is 1. The van der Waals surface area contributed by atoms with Gasteiger partial charge in [-0.3, -0.25) is 14.5 Å². The first-order valence-electron chi connectivity index (χ1n) is 5.11. The van der Waals surface area contributed by atoms with E-state index in [1.165, 1.54) is 4.90 Å². The Morgan fingerprint density at radius 3 is 2.82 bits per heavy atom. The van der Waals surface area contributed by atoms with Crippen LogP contribution in [0.1, 0.15) is 5.69 Å². The predicted molar refractivity (Wildman–Crippen MR) is 68.3 cm³/mol. The number of hydrogen-bond acceptors (Lipinski definition) is 3. The number of hydrogen-bond donors (Lipinski definition) is 0. The molecule has 0 saturated carbocycles. The SMILES string of the molecule is C=CCN1C(=O)S/C(=C/c2cccn2C)C1=O. The lowest BCUT2D eigenvalue weighted by molar-refractivity contribution is -0.122. The predicted octanol–water partition coefficient (Wildman–Crippen LogP) is 2.25. The summed E-state index contributed by atoms with van der Waals surface area (Å²) in [6.07, 6.45) is 5.16. The van der Waals surface area contributed by atoms with E-state index >= 15 is 0 Å². The minimum atomic E-state index is -0.249. The maximum Gasteiger partial charge on any atom is 0.293 e. The molecule has 0 N–H and O–H groups in total. The van der Waals surface area contributed by atoms with Gasteiger partial charge in [0.25, 0.3) is 11.1 Å². The molecule has 1 fully saturated rings. The molecule has 4 nitrogen and oxygen atoms in total. The highest BCUT2D eigenvalue weighted by molar-refractivity contribution is 8.18. The third-order valence-electron chi connectivity index (χ3n) is 2.45. The van der Waals surface area contributed by atoms with Gasteiger partial charge in [0.1, 0.15) is 0 Å². The van der Waals surface area contributed by atoms with Gasteiger partial charge < -0.3 is 4.57 Å². The largest absolute Gasteiger partial charge is 0.351 e. The average Bonchev–Trinajstić information content (AvgIpc) is 2.79. The van der Waals surface area contributed by atoms with Gasteiger partial charge in [-0.05, 0) is 30.0 Å². The van der Waals surface area contributed by atoms with Crippen molar-refractivity contribution < 1.29 is 9.59 Å². The highest BCUT2D eigenvalue weighted by Gasteiger charge is 2.34. The van der Waals surface area contributed by atoms with Crippen LogP contribution in [-0.4, -0.2) is 27.2 Å². The van der Waals surface area contributed by atoms with Crippen molar-refractivity contribution >= 4 is 29.0 Å². The fourth-order valence-electron chi connectivity index (χ4n) is 1.55. The third kappa shape index (κ3) is 2.19. The zero-order chi connectivity index (χ0) is 12.4. The summed E-state index contributed by atoms with van der Waals surface area (Å²) in [6.45, 7) is 3.79. The van der Waals surface area contributed by atoms with E-state index in [0.29, 0.717) is 4.91 Å². The summed E-state index contributed by atoms with van der Waals surface area (Å²) in [7, 11) is 1.89. The van der Waals surface area contributed by atoms with Gasteiger partial charge in [0.05, 0.1) is 4.91 Å². The van der Waals surface area contributed by atoms with E-state index < -0.39 is 0 Å². The second-order valence-corrected chi connectivity index (χ2v) is 4.62. The van der Waals surface area contributed by atoms with Crippen LogP contribution in [0.2, 0.25) is 0 Å². The fraction of sp³-hybridized carbons (Fsp3) is 0.167. The number of carbonyl (C=O) groups is 2. The smallest absolute Gasteiger partial charge is 0.293 e. The zero-order valence-electron chi connectivity index (χ0n) is 9.42. The minimum absolute atomic E-state index is 0.240. The molecule has 2 heterocycles. The maximum absolute atomic E-state index is 11.9. The highest BCUT2D eigenvalue weighted by Crippen LogP contribution is 2.31. The molecule has 2 amide bonds. The van der Waals surface area contributed by atoms with Crippen LogP contribution in [0.3, 0.4) is 0 Å². The Labute approximate surface area is 104 Å². The first-order chi connectivity index (χ1) is 8.13. The standard InChI is InChI=1S/C12H12N2O2S/c1-3-6-14-11(15)10(17-12(14)16)8-9-5-4-7-13(9)2/h3-5,7-8H,1,6H2,2H3/b10-8+. The molecule has 0 radical (unpaired) electrons. The van der Waals surface area contributed by atoms with Crippen LogP contribution in [0.4, 0.5) is 4.79 Å². The summed E-state index contributed by atoms with van der Waals surface area (Å²) in [5.74, 6) is -0.249. The Kier molecular flexibility index (Phi) is 3.19. The molecular formula is C12H12N2O2S. The number of rotatable bonds is 3. The van der Waals surface area contributed by atoms with E-state index in [9.17, 15) is 9.59 Å². The normalized spacial score (nSPS) is 18.2. The van der Waals surface area contributed by atoms with Gasteiger partial charge in [-0.25, -0.2) is 0 Å². The molecule has 0 unspecified atom stereocenters. The summed E-state index contributed by atoms with van der Waals surface area (Å²) in [4.78, 5) is 25.1. The van der Waals surface area contributed by atoms with Crippen LogP contribution in [0, 0.1) is 0 Å². The molecule has 1 saturated heterocycles. The topological polar surface area (TPSA) is 42.3 Å². The summed E-state index contributed by atoms with van der Waals surface area (Å²) < 4.78 is 1.89. The summed E-state index contributed by atoms with van der Waals surface area (Å²) in [5, 5.41) is -0.240. The van der Waals surface area contributed by atoms with Crippen molar-refractivity contribution in [3.8, 4) is 0 Å². The minimum Gasteiger partial charge on any atom is -0.351 e. The van der Waals surface area contributed by atoms with Crippen LogP contribution in [0.25, 0.3) is 6.08 Å². The number of carbonyl (C=O) groups excluding carboxylic acids is 2. The summed E-state index contributed by atoms with van der Waals surface area (Å²) in [6, 6.07) is 3.78. The zero-order valence-corrected chi connectivity index (χ0v) is 10.2. The fourth-order valence-corrected chi connectivity index (χ4v) is 2.38. The van der Waals surface area contributed by atoms with Crippen molar-refractivity contribution in [2.45, 2.75) is 0 Å².